The molecule has 0 aromatic heterocycles. The minimum atomic E-state index is -0.811. The van der Waals surface area contributed by atoms with Crippen LogP contribution < -0.4 is 0 Å². The van der Waals surface area contributed by atoms with Crippen LogP contribution in [0.25, 0.3) is 0 Å². The molecule has 99 valence electrons. The van der Waals surface area contributed by atoms with Crippen LogP contribution in [0.3, 0.4) is 0 Å². The van der Waals surface area contributed by atoms with Gasteiger partial charge in [0.2, 0.25) is 7.09 Å². The maximum absolute atomic E-state index is 10.6. The van der Waals surface area contributed by atoms with Gasteiger partial charge in [0.15, 0.2) is 0 Å². The summed E-state index contributed by atoms with van der Waals surface area (Å²) in [5.74, 6) is 0.878. The van der Waals surface area contributed by atoms with E-state index in [2.05, 4.69) is 15.9 Å². The number of halogens is 1. The summed E-state index contributed by atoms with van der Waals surface area (Å²) in [4.78, 5) is 0.231. The molecule has 3 saturated carbocycles. The zero-order valence-corrected chi connectivity index (χ0v) is 12.0. The predicted molar refractivity (Wildman–Crippen MR) is 71.6 cm³/mol. The number of alkyl halides is 1. The molecule has 1 aliphatic heterocycles. The second-order valence-corrected chi connectivity index (χ2v) is 7.43. The number of hydrogen-bond acceptors (Lipinski definition) is 5. The highest BCUT2D eigenvalue weighted by atomic mass is 79.9. The van der Waals surface area contributed by atoms with Gasteiger partial charge in [0.1, 0.15) is 6.10 Å². The topological polar surface area (TPSA) is 58.9 Å². The lowest BCUT2D eigenvalue weighted by atomic mass is 9.67. The zero-order valence-electron chi connectivity index (χ0n) is 10.6. The molecule has 0 aromatic carbocycles. The van der Waals surface area contributed by atoms with E-state index < -0.39 is 17.6 Å². The maximum atomic E-state index is 10.6. The van der Waals surface area contributed by atoms with Gasteiger partial charge in [-0.25, -0.2) is 0 Å². The molecule has 7 heteroatoms. The van der Waals surface area contributed by atoms with E-state index in [4.69, 9.17) is 10.3 Å². The summed E-state index contributed by atoms with van der Waals surface area (Å²) in [6, 6.07) is 0. The van der Waals surface area contributed by atoms with E-state index in [1.807, 2.05) is 0 Å². The van der Waals surface area contributed by atoms with E-state index in [0.717, 1.165) is 25.4 Å². The van der Waals surface area contributed by atoms with Crippen LogP contribution in [0.15, 0.2) is 0 Å². The fraction of sp³-hybridized carbons (Fsp3) is 1.00. The van der Waals surface area contributed by atoms with Gasteiger partial charge in [0.05, 0.1) is 24.9 Å². The number of rotatable bonds is 4. The minimum absolute atomic E-state index is 0.172. The Kier molecular flexibility index (Phi) is 2.46. The van der Waals surface area contributed by atoms with Crippen molar-refractivity contribution in [2.24, 2.45) is 23.2 Å². The summed E-state index contributed by atoms with van der Waals surface area (Å²) in [7, 11) is 1.14. The molecule has 0 amide bonds. The van der Waals surface area contributed by atoms with Gasteiger partial charge in [-0.1, -0.05) is 27.8 Å². The molecule has 4 nitrogen and oxygen atoms in total. The lowest BCUT2D eigenvalue weighted by Crippen LogP contribution is -2.52. The van der Waals surface area contributed by atoms with Crippen molar-refractivity contribution in [1.82, 2.24) is 0 Å². The van der Waals surface area contributed by atoms with Crippen molar-refractivity contribution < 1.29 is 19.1 Å². The molecular formula is C11H15BBrO4S. The number of fused-ring (bicyclic) bond motifs is 2. The third kappa shape index (κ3) is 1.16. The number of hydrogen-bond donors (Lipinski definition) is 2. The molecule has 18 heavy (non-hydrogen) atoms. The Morgan fingerprint density at radius 1 is 1.56 bits per heavy atom. The second kappa shape index (κ2) is 3.89. The molecule has 1 heterocycles. The number of aliphatic hydroxyl groups is 2. The second-order valence-electron chi connectivity index (χ2n) is 5.95. The highest BCUT2D eigenvalue weighted by molar-refractivity contribution is 9.09. The largest absolute Gasteiger partial charge is 0.390 e. The van der Waals surface area contributed by atoms with E-state index >= 15 is 0 Å². The average molecular weight is 336 g/mol. The predicted octanol–water partition coefficient (Wildman–Crippen LogP) is -0.0144. The summed E-state index contributed by atoms with van der Waals surface area (Å²) >= 11 is 4.70. The molecule has 2 bridgehead atoms. The first kappa shape index (κ1) is 11.4. The van der Waals surface area contributed by atoms with Crippen molar-refractivity contribution in [2.45, 2.75) is 35.7 Å². The fourth-order valence-corrected chi connectivity index (χ4v) is 6.66. The smallest absolute Gasteiger partial charge is 0.209 e. The third-order valence-corrected chi connectivity index (χ3v) is 7.09. The van der Waals surface area contributed by atoms with Gasteiger partial charge in [-0.2, -0.15) is 0 Å². The van der Waals surface area contributed by atoms with E-state index in [0.29, 0.717) is 12.5 Å². The van der Waals surface area contributed by atoms with Crippen molar-refractivity contribution in [3.63, 3.8) is 0 Å². The van der Waals surface area contributed by atoms with Crippen LogP contribution in [0, 0.1) is 23.2 Å². The molecule has 1 radical (unpaired) electrons. The van der Waals surface area contributed by atoms with Crippen LogP contribution in [0.2, 0.25) is 0 Å². The van der Waals surface area contributed by atoms with Crippen molar-refractivity contribution in [3.05, 3.63) is 0 Å². The number of aliphatic hydroxyl groups excluding tert-OH is 2. The van der Waals surface area contributed by atoms with Gasteiger partial charge in [-0.3, -0.25) is 0 Å². The molecule has 0 spiro atoms. The lowest BCUT2D eigenvalue weighted by molar-refractivity contribution is -0.109. The van der Waals surface area contributed by atoms with Crippen LogP contribution in [-0.4, -0.2) is 54.5 Å². The van der Waals surface area contributed by atoms with Crippen molar-refractivity contribution in [1.29, 1.82) is 1.34 Å². The molecular weight excluding hydrogens is 319 g/mol. The monoisotopic (exact) mass is 335 g/mol. The summed E-state index contributed by atoms with van der Waals surface area (Å²) in [5.41, 5.74) is -0.425. The number of ether oxygens (including phenoxy) is 1. The minimum Gasteiger partial charge on any atom is -0.390 e. The Morgan fingerprint density at radius 3 is 3.17 bits per heavy atom. The van der Waals surface area contributed by atoms with Crippen molar-refractivity contribution in [3.8, 4) is 0 Å². The van der Waals surface area contributed by atoms with Gasteiger partial charge in [-0.15, -0.1) is 0 Å². The highest BCUT2D eigenvalue weighted by Gasteiger charge is 2.79. The van der Waals surface area contributed by atoms with E-state index in [9.17, 15) is 10.2 Å². The summed E-state index contributed by atoms with van der Waals surface area (Å²) in [6.45, 7) is 0.367. The van der Waals surface area contributed by atoms with E-state index in [1.165, 1.54) is 0 Å². The summed E-state index contributed by atoms with van der Waals surface area (Å²) in [6.07, 6.45) is -0.666. The Morgan fingerprint density at radius 2 is 2.39 bits per heavy atom. The molecule has 3 aliphatic carbocycles. The molecule has 4 fully saturated rings. The molecule has 2 N–H and O–H groups in total. The molecule has 9 atom stereocenters. The summed E-state index contributed by atoms with van der Waals surface area (Å²) in [5, 5.41) is 20.8. The molecule has 1 saturated heterocycles. The normalized spacial score (nSPS) is 64.5. The quantitative estimate of drug-likeness (QED) is 0.327. The van der Waals surface area contributed by atoms with Crippen molar-refractivity contribution in [2.75, 3.05) is 6.61 Å². The van der Waals surface area contributed by atoms with Gasteiger partial charge in [-0.05, 0) is 19.6 Å². The Hall–Kier alpha value is 0.735. The van der Waals surface area contributed by atoms with Crippen LogP contribution >= 0.6 is 27.8 Å². The Balaban J connectivity index is 1.70. The Bertz CT molecular complexity index is 407. The van der Waals surface area contributed by atoms with Crippen LogP contribution in [0.1, 0.15) is 6.42 Å². The maximum Gasteiger partial charge on any atom is 0.209 e. The van der Waals surface area contributed by atoms with Gasteiger partial charge < -0.3 is 19.1 Å². The van der Waals surface area contributed by atoms with Crippen molar-refractivity contribution >= 4 is 34.9 Å². The SMILES string of the molecule is [3H][B]SOC[C@@]12C3CC4C(O[C@@H](C41)[C@@H](O)[C@H]2O)C3Br. The van der Waals surface area contributed by atoms with Crippen LogP contribution in [0.5, 0.6) is 0 Å². The molecule has 0 aromatic rings. The first-order valence-electron chi connectivity index (χ1n) is 6.84. The average Bonchev–Trinajstić information content (AvgIpc) is 3.04. The third-order valence-electron chi connectivity index (χ3n) is 5.67. The van der Waals surface area contributed by atoms with Gasteiger partial charge in [0.25, 0.3) is 0 Å². The Labute approximate surface area is 121 Å². The summed E-state index contributed by atoms with van der Waals surface area (Å²) < 4.78 is 18.5. The first-order valence-corrected chi connectivity index (χ1v) is 7.99. The fourth-order valence-electron chi connectivity index (χ4n) is 5.16. The van der Waals surface area contributed by atoms with Crippen LogP contribution in [0.4, 0.5) is 0 Å². The van der Waals surface area contributed by atoms with E-state index in [-0.39, 0.29) is 28.9 Å². The first-order chi connectivity index (χ1) is 9.13. The van der Waals surface area contributed by atoms with Gasteiger partial charge in [0, 0.05) is 16.2 Å². The molecule has 5 unspecified atom stereocenters. The zero-order chi connectivity index (χ0) is 13.4. The molecule has 4 rings (SSSR count). The van der Waals surface area contributed by atoms with E-state index in [1.54, 1.807) is 0 Å². The van der Waals surface area contributed by atoms with Crippen LogP contribution in [-0.2, 0) is 8.92 Å². The highest BCUT2D eigenvalue weighted by Crippen LogP contribution is 2.72. The van der Waals surface area contributed by atoms with Gasteiger partial charge >= 0.3 is 0 Å². The standard InChI is InChI=1S/C11H15BBrO4S/c12-18-16-2-11-4-1-3-5(11)9(7(14)10(11)15)17-8(3)6(4)13/h3-10,12,14-15H,1-2H2/t3?,4?,5?,6?,7-,8?,9+,10-,11-/m1/s1/i12T. The lowest BCUT2D eigenvalue weighted by Gasteiger charge is -2.43. The molecule has 4 aliphatic rings.